The Balaban J connectivity index is 0.0000133. The van der Waals surface area contributed by atoms with Gasteiger partial charge in [0.05, 0.1) is 40.2 Å². The van der Waals surface area contributed by atoms with E-state index >= 15 is 0 Å². The molecule has 378 valence electrons. The molecule has 0 spiro atoms. The number of phenolic OH excluding ortho intramolecular Hbond substituents is 2. The number of nitrogens with zero attached hydrogens (tertiary/aromatic N) is 1. The molecule has 4 rings (SSSR count). The van der Waals surface area contributed by atoms with Gasteiger partial charge in [0.1, 0.15) is 40.7 Å². The molecule has 1 aromatic heterocycles. The number of phenols is 2. The van der Waals surface area contributed by atoms with Crippen LogP contribution in [0.3, 0.4) is 0 Å². The second kappa shape index (κ2) is 27.4. The van der Waals surface area contributed by atoms with Crippen molar-refractivity contribution in [3.63, 3.8) is 0 Å². The molecule has 0 radical (unpaired) electrons. The first kappa shape index (κ1) is 59.1. The maximum atomic E-state index is 14.2. The second-order valence-corrected chi connectivity index (χ2v) is 19.2. The number of rotatable bonds is 14. The molecule has 0 saturated carbocycles. The summed E-state index contributed by atoms with van der Waals surface area (Å²) in [6.45, 7) is 6.55. The van der Waals surface area contributed by atoms with Gasteiger partial charge in [0.25, 0.3) is 11.8 Å². The summed E-state index contributed by atoms with van der Waals surface area (Å²) in [7, 11) is -5.20. The molecular weight excluding hydrogens is 978 g/mol. The monoisotopic (exact) mass is 1030 g/mol. The standard InChI is InChI=1S/C45H57N9O14S2.Na/c1-6-24(4)37-38(59)44(65)52-32(18-26-7-12-29(55)13-8-26)45-49-28(21-69-45)11-16-35(57)50-34(22-70(66,67)68)41(62)46-19-33(43(64)51-31(17-23(2)3)42(63)54-37)53-39(60)25(5)48-36(58)20-47-40(61)27-9-14-30(56)15-10-27;/h7-16,21,23-25,31-34,37,55-56H,6,17-20,22H2,1-5H3,(H,46,62)(H,47,61)(H,48,58)(H,50,57)(H,51,64)(H,52,65)(H,53,60)(H,54,63)(H,66,67,68);/q;+1/p-1/b16-11+;/t24-,25-,31-,32-,33-,34-,37-;/m0./s1. The molecule has 3 aromatic rings. The quantitative estimate of drug-likeness (QED) is 0.0420. The van der Waals surface area contributed by atoms with Gasteiger partial charge >= 0.3 is 29.6 Å². The number of carbonyl (C=O) groups excluding carboxylic acids is 9. The van der Waals surface area contributed by atoms with E-state index in [0.717, 1.165) is 17.4 Å². The first-order valence-electron chi connectivity index (χ1n) is 22.0. The Labute approximate surface area is 435 Å². The van der Waals surface area contributed by atoms with E-state index in [4.69, 9.17) is 0 Å². The SMILES string of the molecule is CC[C@H](C)[C@@H]1NC(=O)[C@H](CC(C)C)NC(=O)[C@@H](NC(=O)[C@H](C)NC(=O)CNC(=O)c2ccc(O)cc2)CNC(=O)[C@H](CS(=O)(=O)[O-])NC(=O)/C=C/c2csc(n2)[C@H](Cc2ccc(O)cc2)NC(=O)C1=O.[Na+]. The number of hydrogen-bond acceptors (Lipinski definition) is 16. The zero-order valence-corrected chi connectivity index (χ0v) is 43.4. The number of hydrogen-bond donors (Lipinski definition) is 10. The molecule has 26 heteroatoms. The van der Waals surface area contributed by atoms with E-state index < -0.39 is 124 Å². The molecule has 2 bridgehead atoms. The number of aromatic nitrogens is 1. The Bertz CT molecular complexity index is 2560. The van der Waals surface area contributed by atoms with E-state index in [-0.39, 0.29) is 76.1 Å². The Morgan fingerprint density at radius 3 is 2.07 bits per heavy atom. The molecule has 2 heterocycles. The molecule has 0 saturated heterocycles. The van der Waals surface area contributed by atoms with Gasteiger partial charge < -0.3 is 57.3 Å². The van der Waals surface area contributed by atoms with E-state index in [9.17, 15) is 66.3 Å². The minimum Gasteiger partial charge on any atom is -0.748 e. The summed E-state index contributed by atoms with van der Waals surface area (Å²) in [6.07, 6.45) is 2.38. The third kappa shape index (κ3) is 19.1. The van der Waals surface area contributed by atoms with Crippen LogP contribution in [0, 0.1) is 11.8 Å². The number of ketones is 1. The molecule has 2 aromatic carbocycles. The van der Waals surface area contributed by atoms with Gasteiger partial charge in [-0.3, -0.25) is 43.2 Å². The number of aromatic hydroxyl groups is 2. The van der Waals surface area contributed by atoms with Crippen molar-refractivity contribution in [3.8, 4) is 11.5 Å². The zero-order valence-electron chi connectivity index (χ0n) is 39.8. The summed E-state index contributed by atoms with van der Waals surface area (Å²) >= 11 is 1.04. The molecular formula is C45H56N9NaO14S2. The fourth-order valence-corrected chi connectivity index (χ4v) is 8.22. The number of thiazole rings is 1. The van der Waals surface area contributed by atoms with Crippen molar-refractivity contribution in [1.29, 1.82) is 0 Å². The van der Waals surface area contributed by atoms with Gasteiger partial charge in [0.2, 0.25) is 41.2 Å². The Kier molecular flexibility index (Phi) is 22.8. The van der Waals surface area contributed by atoms with Gasteiger partial charge in [-0.25, -0.2) is 13.4 Å². The number of carbonyl (C=O) groups is 9. The Morgan fingerprint density at radius 2 is 1.46 bits per heavy atom. The Morgan fingerprint density at radius 1 is 0.831 bits per heavy atom. The number of benzene rings is 2. The fourth-order valence-electron chi connectivity index (χ4n) is 6.74. The van der Waals surface area contributed by atoms with Crippen LogP contribution in [0.15, 0.2) is 60.0 Å². The number of amides is 8. The zero-order chi connectivity index (χ0) is 51.9. The van der Waals surface area contributed by atoms with Crippen molar-refractivity contribution in [2.75, 3.05) is 18.8 Å². The summed E-state index contributed by atoms with van der Waals surface area (Å²) < 4.78 is 35.8. The molecule has 7 atom stereocenters. The van der Waals surface area contributed by atoms with E-state index in [2.05, 4.69) is 47.5 Å². The number of Topliss-reactive ketones (excluding diaryl/α,β-unsaturated/α-hetero) is 1. The minimum atomic E-state index is -5.20. The van der Waals surface area contributed by atoms with E-state index in [1.54, 1.807) is 39.8 Å². The summed E-state index contributed by atoms with van der Waals surface area (Å²) in [5, 5.41) is 40.3. The Hall–Kier alpha value is -6.25. The van der Waals surface area contributed by atoms with Crippen molar-refractivity contribution in [2.45, 2.75) is 90.1 Å². The third-order valence-corrected chi connectivity index (χ3v) is 12.4. The first-order chi connectivity index (χ1) is 32.9. The molecule has 10 N–H and O–H groups in total. The van der Waals surface area contributed by atoms with Crippen LogP contribution in [0.4, 0.5) is 0 Å². The number of fused-ring (bicyclic) bond motifs is 2. The first-order valence-corrected chi connectivity index (χ1v) is 24.4. The van der Waals surface area contributed by atoms with Gasteiger partial charge in [-0.1, -0.05) is 46.2 Å². The van der Waals surface area contributed by atoms with Gasteiger partial charge in [-0.15, -0.1) is 11.3 Å². The predicted octanol–water partition coefficient (Wildman–Crippen LogP) is -3.82. The average Bonchev–Trinajstić information content (AvgIpc) is 3.78. The van der Waals surface area contributed by atoms with Gasteiger partial charge in [0.15, 0.2) is 0 Å². The summed E-state index contributed by atoms with van der Waals surface area (Å²) in [4.78, 5) is 126. The van der Waals surface area contributed by atoms with E-state index in [1.165, 1.54) is 54.8 Å². The van der Waals surface area contributed by atoms with Crippen LogP contribution < -0.4 is 72.1 Å². The van der Waals surface area contributed by atoms with Crippen LogP contribution in [0.1, 0.15) is 80.1 Å². The van der Waals surface area contributed by atoms with Crippen LogP contribution in [0.25, 0.3) is 6.08 Å². The second-order valence-electron chi connectivity index (χ2n) is 16.9. The van der Waals surface area contributed by atoms with Crippen LogP contribution in [0.5, 0.6) is 11.5 Å². The van der Waals surface area contributed by atoms with Crippen molar-refractivity contribution in [1.82, 2.24) is 47.5 Å². The van der Waals surface area contributed by atoms with Gasteiger partial charge in [0, 0.05) is 23.6 Å². The number of nitrogens with one attached hydrogen (secondary N) is 8. The average molecular weight is 1030 g/mol. The molecule has 0 unspecified atom stereocenters. The normalized spacial score (nSPS) is 20.9. The smallest absolute Gasteiger partial charge is 0.748 e. The topological polar surface area (TPSA) is 360 Å². The van der Waals surface area contributed by atoms with Crippen molar-refractivity contribution < 1.29 is 95.9 Å². The molecule has 0 fully saturated rings. The molecule has 1 aliphatic heterocycles. The largest absolute Gasteiger partial charge is 1.00 e. The van der Waals surface area contributed by atoms with E-state index in [1.807, 2.05) is 0 Å². The van der Waals surface area contributed by atoms with Crippen LogP contribution in [0.2, 0.25) is 0 Å². The molecule has 23 nitrogen and oxygen atoms in total. The van der Waals surface area contributed by atoms with Crippen LogP contribution >= 0.6 is 11.3 Å². The fraction of sp³-hybridized carbons (Fsp3) is 0.422. The predicted molar refractivity (Wildman–Crippen MR) is 251 cm³/mol. The minimum absolute atomic E-state index is 0. The third-order valence-electron chi connectivity index (χ3n) is 10.7. The van der Waals surface area contributed by atoms with Crippen molar-refractivity contribution in [2.24, 2.45) is 11.8 Å². The summed E-state index contributed by atoms with van der Waals surface area (Å²) in [5.41, 5.74) is 0.883. The molecule has 71 heavy (non-hydrogen) atoms. The molecule has 0 aliphatic carbocycles. The summed E-state index contributed by atoms with van der Waals surface area (Å²) in [5.74, 6) is -11.5. The maximum absolute atomic E-state index is 14.2. The summed E-state index contributed by atoms with van der Waals surface area (Å²) in [6, 6.07) is 2.03. The maximum Gasteiger partial charge on any atom is 1.00 e. The van der Waals surface area contributed by atoms with E-state index in [0.29, 0.717) is 12.0 Å². The van der Waals surface area contributed by atoms with Crippen molar-refractivity contribution >= 4 is 80.6 Å². The van der Waals surface area contributed by atoms with Gasteiger partial charge in [-0.05, 0) is 79.6 Å². The molecule has 1 aliphatic rings. The van der Waals surface area contributed by atoms with Gasteiger partial charge in [-0.2, -0.15) is 0 Å². The molecule has 8 amide bonds. The van der Waals surface area contributed by atoms with Crippen molar-refractivity contribution in [3.05, 3.63) is 81.8 Å². The van der Waals surface area contributed by atoms with Crippen LogP contribution in [-0.4, -0.2) is 130 Å². The van der Waals surface area contributed by atoms with Crippen LogP contribution in [-0.2, 0) is 54.9 Å².